The van der Waals surface area contributed by atoms with Crippen molar-refractivity contribution in [1.29, 1.82) is 5.26 Å². The fourth-order valence-corrected chi connectivity index (χ4v) is 1.08. The number of hydrogen-bond donors (Lipinski definition) is 1. The molecule has 14 heavy (non-hydrogen) atoms. The van der Waals surface area contributed by atoms with E-state index in [4.69, 9.17) is 5.26 Å². The maximum atomic E-state index is 12.8. The van der Waals surface area contributed by atoms with E-state index in [0.717, 1.165) is 0 Å². The molecule has 1 aromatic rings. The fraction of sp³-hybridized carbons (Fsp3) is 0.182. The van der Waals surface area contributed by atoms with Crippen molar-refractivity contribution in [1.82, 2.24) is 5.32 Å². The van der Waals surface area contributed by atoms with Gasteiger partial charge in [-0.2, -0.15) is 5.26 Å². The monoisotopic (exact) mass is 190 g/mol. The molecular formula is C11H11FN2. The van der Waals surface area contributed by atoms with Gasteiger partial charge in [0.05, 0.1) is 11.6 Å². The van der Waals surface area contributed by atoms with Crippen molar-refractivity contribution in [2.24, 2.45) is 0 Å². The van der Waals surface area contributed by atoms with Gasteiger partial charge in [0.15, 0.2) is 0 Å². The molecule has 0 amide bonds. The molecule has 0 bridgehead atoms. The Morgan fingerprint density at radius 2 is 2.36 bits per heavy atom. The highest BCUT2D eigenvalue weighted by atomic mass is 19.1. The van der Waals surface area contributed by atoms with Crippen LogP contribution in [-0.4, -0.2) is 13.6 Å². The SMILES string of the molecule is CNCC=Cc1cc(F)ccc1C#N. The molecule has 0 aromatic heterocycles. The Hall–Kier alpha value is -1.66. The number of halogens is 1. The predicted molar refractivity (Wildman–Crippen MR) is 54.1 cm³/mol. The number of nitriles is 1. The van der Waals surface area contributed by atoms with Crippen LogP contribution in [-0.2, 0) is 0 Å². The second-order valence-electron chi connectivity index (χ2n) is 2.80. The van der Waals surface area contributed by atoms with Crippen LogP contribution in [0.4, 0.5) is 4.39 Å². The number of likely N-dealkylation sites (N-methyl/N-ethyl adjacent to an activating group) is 1. The van der Waals surface area contributed by atoms with Crippen LogP contribution in [0.2, 0.25) is 0 Å². The second-order valence-corrected chi connectivity index (χ2v) is 2.80. The summed E-state index contributed by atoms with van der Waals surface area (Å²) in [5, 5.41) is 11.7. The van der Waals surface area contributed by atoms with Crippen molar-refractivity contribution in [3.63, 3.8) is 0 Å². The average Bonchev–Trinajstić information content (AvgIpc) is 2.19. The van der Waals surface area contributed by atoms with Gasteiger partial charge in [-0.05, 0) is 30.8 Å². The number of benzene rings is 1. The van der Waals surface area contributed by atoms with E-state index in [1.165, 1.54) is 18.2 Å². The summed E-state index contributed by atoms with van der Waals surface area (Å²) in [7, 11) is 1.82. The van der Waals surface area contributed by atoms with Crippen LogP contribution in [0.25, 0.3) is 6.08 Å². The van der Waals surface area contributed by atoms with Crippen LogP contribution in [0, 0.1) is 17.1 Å². The van der Waals surface area contributed by atoms with E-state index >= 15 is 0 Å². The highest BCUT2D eigenvalue weighted by Crippen LogP contribution is 2.11. The zero-order valence-electron chi connectivity index (χ0n) is 7.92. The van der Waals surface area contributed by atoms with Crippen molar-refractivity contribution in [3.05, 3.63) is 41.2 Å². The van der Waals surface area contributed by atoms with Crippen LogP contribution < -0.4 is 5.32 Å². The Bertz CT molecular complexity index is 377. The molecule has 1 N–H and O–H groups in total. The van der Waals surface area contributed by atoms with Crippen LogP contribution in [0.15, 0.2) is 24.3 Å². The van der Waals surface area contributed by atoms with Gasteiger partial charge >= 0.3 is 0 Å². The van der Waals surface area contributed by atoms with Gasteiger partial charge < -0.3 is 5.32 Å². The average molecular weight is 190 g/mol. The maximum absolute atomic E-state index is 12.8. The summed E-state index contributed by atoms with van der Waals surface area (Å²) in [6.45, 7) is 0.696. The number of nitrogens with one attached hydrogen (secondary N) is 1. The fourth-order valence-electron chi connectivity index (χ4n) is 1.08. The first-order chi connectivity index (χ1) is 6.77. The first-order valence-corrected chi connectivity index (χ1v) is 4.28. The minimum absolute atomic E-state index is 0.326. The van der Waals surface area contributed by atoms with E-state index in [1.807, 2.05) is 19.2 Å². The van der Waals surface area contributed by atoms with Crippen LogP contribution in [0.3, 0.4) is 0 Å². The summed E-state index contributed by atoms with van der Waals surface area (Å²) in [6.07, 6.45) is 3.58. The summed E-state index contributed by atoms with van der Waals surface area (Å²) >= 11 is 0. The molecule has 0 aliphatic rings. The third-order valence-corrected chi connectivity index (χ3v) is 1.75. The van der Waals surface area contributed by atoms with Gasteiger partial charge in [0, 0.05) is 6.54 Å². The highest BCUT2D eigenvalue weighted by Gasteiger charge is 1.99. The lowest BCUT2D eigenvalue weighted by Gasteiger charge is -1.97. The second kappa shape index (κ2) is 5.15. The van der Waals surface area contributed by atoms with Crippen molar-refractivity contribution in [2.45, 2.75) is 0 Å². The first kappa shape index (κ1) is 10.4. The van der Waals surface area contributed by atoms with E-state index < -0.39 is 0 Å². The topological polar surface area (TPSA) is 35.8 Å². The summed E-state index contributed by atoms with van der Waals surface area (Å²) < 4.78 is 12.8. The van der Waals surface area contributed by atoms with Gasteiger partial charge in [-0.25, -0.2) is 4.39 Å². The van der Waals surface area contributed by atoms with E-state index in [2.05, 4.69) is 5.32 Å². The van der Waals surface area contributed by atoms with Crippen molar-refractivity contribution >= 4 is 6.08 Å². The highest BCUT2D eigenvalue weighted by molar-refractivity contribution is 5.58. The van der Waals surface area contributed by atoms with E-state index in [9.17, 15) is 4.39 Å². The molecule has 0 saturated heterocycles. The third-order valence-electron chi connectivity index (χ3n) is 1.75. The van der Waals surface area contributed by atoms with Gasteiger partial charge in [0.2, 0.25) is 0 Å². The zero-order valence-corrected chi connectivity index (χ0v) is 7.92. The van der Waals surface area contributed by atoms with E-state index in [1.54, 1.807) is 6.08 Å². The minimum Gasteiger partial charge on any atom is -0.316 e. The standard InChI is InChI=1S/C11H11FN2/c1-14-6-2-3-9-7-11(12)5-4-10(9)8-13/h2-5,7,14H,6H2,1H3. The number of hydrogen-bond acceptors (Lipinski definition) is 2. The lowest BCUT2D eigenvalue weighted by molar-refractivity contribution is 0.627. The molecule has 1 aromatic carbocycles. The molecule has 0 unspecified atom stereocenters. The van der Waals surface area contributed by atoms with Crippen molar-refractivity contribution in [2.75, 3.05) is 13.6 Å². The Balaban J connectivity index is 2.94. The van der Waals surface area contributed by atoms with Crippen LogP contribution >= 0.6 is 0 Å². The first-order valence-electron chi connectivity index (χ1n) is 4.28. The van der Waals surface area contributed by atoms with Crippen molar-refractivity contribution in [3.8, 4) is 6.07 Å². The Morgan fingerprint density at radius 3 is 3.00 bits per heavy atom. The largest absolute Gasteiger partial charge is 0.316 e. The summed E-state index contributed by atoms with van der Waals surface area (Å²) in [5.41, 5.74) is 1.10. The van der Waals surface area contributed by atoms with Crippen LogP contribution in [0.1, 0.15) is 11.1 Å². The molecule has 72 valence electrons. The van der Waals surface area contributed by atoms with Crippen molar-refractivity contribution < 1.29 is 4.39 Å². The molecule has 3 heteroatoms. The quantitative estimate of drug-likeness (QED) is 0.790. The molecule has 1 rings (SSSR count). The smallest absolute Gasteiger partial charge is 0.123 e. The Morgan fingerprint density at radius 1 is 1.57 bits per heavy atom. The minimum atomic E-state index is -0.326. The van der Waals surface area contributed by atoms with Gasteiger partial charge in [-0.1, -0.05) is 12.2 Å². The molecule has 0 saturated carbocycles. The normalized spacial score (nSPS) is 10.4. The molecule has 0 aliphatic carbocycles. The Kier molecular flexibility index (Phi) is 3.84. The summed E-state index contributed by atoms with van der Waals surface area (Å²) in [4.78, 5) is 0. The number of nitrogens with zero attached hydrogens (tertiary/aromatic N) is 1. The number of rotatable bonds is 3. The molecule has 0 atom stereocenters. The lowest BCUT2D eigenvalue weighted by atomic mass is 10.1. The molecule has 0 spiro atoms. The third kappa shape index (κ3) is 2.68. The summed E-state index contributed by atoms with van der Waals surface area (Å²) in [5.74, 6) is -0.326. The Labute approximate surface area is 82.7 Å². The zero-order chi connectivity index (χ0) is 10.4. The molecule has 0 fully saturated rings. The maximum Gasteiger partial charge on any atom is 0.123 e. The van der Waals surface area contributed by atoms with E-state index in [0.29, 0.717) is 17.7 Å². The van der Waals surface area contributed by atoms with Gasteiger partial charge in [-0.3, -0.25) is 0 Å². The predicted octanol–water partition coefficient (Wildman–Crippen LogP) is 1.93. The van der Waals surface area contributed by atoms with Crippen LogP contribution in [0.5, 0.6) is 0 Å². The molecule has 2 nitrogen and oxygen atoms in total. The lowest BCUT2D eigenvalue weighted by Crippen LogP contribution is -2.03. The molecule has 0 heterocycles. The molecular weight excluding hydrogens is 179 g/mol. The van der Waals surface area contributed by atoms with Gasteiger partial charge in [0.1, 0.15) is 5.82 Å². The molecule has 0 aliphatic heterocycles. The van der Waals surface area contributed by atoms with Gasteiger partial charge in [0.25, 0.3) is 0 Å². The summed E-state index contributed by atoms with van der Waals surface area (Å²) in [6, 6.07) is 6.13. The van der Waals surface area contributed by atoms with Gasteiger partial charge in [-0.15, -0.1) is 0 Å². The molecule has 0 radical (unpaired) electrons. The van der Waals surface area contributed by atoms with E-state index in [-0.39, 0.29) is 5.82 Å².